The molecule has 0 aromatic carbocycles. The van der Waals surface area contributed by atoms with Crippen LogP contribution in [0.15, 0.2) is 0 Å². The summed E-state index contributed by atoms with van der Waals surface area (Å²) in [6.45, 7) is 2.14. The highest BCUT2D eigenvalue weighted by Crippen LogP contribution is 2.28. The van der Waals surface area contributed by atoms with Gasteiger partial charge in [0.05, 0.1) is 0 Å². The molecular formula is C8H14FNO2. The first kappa shape index (κ1) is 9.45. The second kappa shape index (κ2) is 3.39. The minimum Gasteiger partial charge on any atom is -0.480 e. The Morgan fingerprint density at radius 1 is 1.75 bits per heavy atom. The summed E-state index contributed by atoms with van der Waals surface area (Å²) < 4.78 is 12.0. The van der Waals surface area contributed by atoms with Gasteiger partial charge < -0.3 is 5.11 Å². The van der Waals surface area contributed by atoms with Crippen LogP contribution in [0, 0.1) is 0 Å². The molecule has 70 valence electrons. The van der Waals surface area contributed by atoms with E-state index in [1.165, 1.54) is 0 Å². The van der Waals surface area contributed by atoms with E-state index in [1.807, 2.05) is 0 Å². The molecule has 0 aromatic rings. The third-order valence-electron chi connectivity index (χ3n) is 2.60. The van der Waals surface area contributed by atoms with Crippen LogP contribution in [0.5, 0.6) is 0 Å². The third-order valence-corrected chi connectivity index (χ3v) is 2.60. The summed E-state index contributed by atoms with van der Waals surface area (Å²) in [5.41, 5.74) is -0.827. The van der Waals surface area contributed by atoms with Crippen molar-refractivity contribution in [3.63, 3.8) is 0 Å². The number of carboxylic acid groups (broad SMARTS) is 1. The molecule has 0 bridgehead atoms. The normalized spacial score (nSPS) is 30.8. The predicted molar refractivity (Wildman–Crippen MR) is 42.8 cm³/mol. The molecule has 1 N–H and O–H groups in total. The van der Waals surface area contributed by atoms with Crippen molar-refractivity contribution in [1.82, 2.24) is 4.90 Å². The van der Waals surface area contributed by atoms with Crippen LogP contribution in [0.25, 0.3) is 0 Å². The van der Waals surface area contributed by atoms with Gasteiger partial charge in [0.2, 0.25) is 0 Å². The number of aliphatic carboxylic acids is 1. The number of nitrogens with zero attached hydrogens (tertiary/aromatic N) is 1. The smallest absolute Gasteiger partial charge is 0.323 e. The standard InChI is InChI=1S/C8H14FNO2/c1-8(7(11)12)3-2-5-10(8)6-4-9/h2-6H2,1H3,(H,11,12). The fourth-order valence-electron chi connectivity index (χ4n) is 1.72. The first-order chi connectivity index (χ1) is 5.61. The predicted octanol–water partition coefficient (Wildman–Crippen LogP) is 0.895. The SMILES string of the molecule is CC1(C(=O)O)CCCN1CCF. The maximum atomic E-state index is 12.0. The molecule has 0 spiro atoms. The molecule has 0 aromatic heterocycles. The molecule has 1 aliphatic rings. The van der Waals surface area contributed by atoms with Gasteiger partial charge in [-0.15, -0.1) is 0 Å². The lowest BCUT2D eigenvalue weighted by molar-refractivity contribution is -0.148. The van der Waals surface area contributed by atoms with Crippen molar-refractivity contribution in [3.8, 4) is 0 Å². The van der Waals surface area contributed by atoms with Crippen LogP contribution in [0.3, 0.4) is 0 Å². The van der Waals surface area contributed by atoms with Gasteiger partial charge in [-0.05, 0) is 26.3 Å². The van der Waals surface area contributed by atoms with Crippen LogP contribution in [0.4, 0.5) is 4.39 Å². The maximum absolute atomic E-state index is 12.0. The van der Waals surface area contributed by atoms with Crippen LogP contribution in [-0.4, -0.2) is 41.3 Å². The summed E-state index contributed by atoms with van der Waals surface area (Å²) in [6.07, 6.45) is 1.48. The number of hydrogen-bond acceptors (Lipinski definition) is 2. The van der Waals surface area contributed by atoms with E-state index in [-0.39, 0.29) is 6.54 Å². The van der Waals surface area contributed by atoms with Gasteiger partial charge in [0.15, 0.2) is 0 Å². The van der Waals surface area contributed by atoms with Gasteiger partial charge in [-0.25, -0.2) is 4.39 Å². The van der Waals surface area contributed by atoms with Crippen LogP contribution < -0.4 is 0 Å². The molecule has 0 radical (unpaired) electrons. The van der Waals surface area contributed by atoms with Crippen LogP contribution in [-0.2, 0) is 4.79 Å². The van der Waals surface area contributed by atoms with Crippen molar-refractivity contribution < 1.29 is 14.3 Å². The van der Waals surface area contributed by atoms with Gasteiger partial charge >= 0.3 is 5.97 Å². The minimum atomic E-state index is -0.839. The number of hydrogen-bond donors (Lipinski definition) is 1. The van der Waals surface area contributed by atoms with E-state index in [4.69, 9.17) is 5.11 Å². The zero-order valence-electron chi connectivity index (χ0n) is 7.22. The molecule has 4 heteroatoms. The van der Waals surface area contributed by atoms with Crippen molar-refractivity contribution in [2.45, 2.75) is 25.3 Å². The zero-order valence-corrected chi connectivity index (χ0v) is 7.22. The van der Waals surface area contributed by atoms with Crippen LogP contribution >= 0.6 is 0 Å². The van der Waals surface area contributed by atoms with Crippen molar-refractivity contribution >= 4 is 5.97 Å². The molecule has 1 saturated heterocycles. The summed E-state index contributed by atoms with van der Waals surface area (Å²) >= 11 is 0. The average Bonchev–Trinajstić information content (AvgIpc) is 2.35. The summed E-state index contributed by atoms with van der Waals surface area (Å²) in [5.74, 6) is -0.839. The molecular weight excluding hydrogens is 161 g/mol. The average molecular weight is 175 g/mol. The van der Waals surface area contributed by atoms with Crippen molar-refractivity contribution in [1.29, 1.82) is 0 Å². The fourth-order valence-corrected chi connectivity index (χ4v) is 1.72. The number of alkyl halides is 1. The Morgan fingerprint density at radius 2 is 2.42 bits per heavy atom. The third kappa shape index (κ3) is 1.43. The molecule has 1 atom stereocenters. The molecule has 12 heavy (non-hydrogen) atoms. The quantitative estimate of drug-likeness (QED) is 0.692. The fraction of sp³-hybridized carbons (Fsp3) is 0.875. The summed E-state index contributed by atoms with van der Waals surface area (Å²) in [4.78, 5) is 12.5. The van der Waals surface area contributed by atoms with Crippen LogP contribution in [0.1, 0.15) is 19.8 Å². The Labute approximate surface area is 71.2 Å². The van der Waals surface area contributed by atoms with E-state index in [0.29, 0.717) is 13.0 Å². The van der Waals surface area contributed by atoms with Gasteiger partial charge in [-0.2, -0.15) is 0 Å². The number of carbonyl (C=O) groups is 1. The topological polar surface area (TPSA) is 40.5 Å². The van der Waals surface area contributed by atoms with E-state index >= 15 is 0 Å². The maximum Gasteiger partial charge on any atom is 0.323 e. The Morgan fingerprint density at radius 3 is 2.92 bits per heavy atom. The minimum absolute atomic E-state index is 0.239. The molecule has 0 saturated carbocycles. The Balaban J connectivity index is 2.67. The highest BCUT2D eigenvalue weighted by atomic mass is 19.1. The summed E-state index contributed by atoms with van der Waals surface area (Å²) in [6, 6.07) is 0. The van der Waals surface area contributed by atoms with Gasteiger partial charge in [0.1, 0.15) is 12.2 Å². The van der Waals surface area contributed by atoms with Crippen molar-refractivity contribution in [2.24, 2.45) is 0 Å². The van der Waals surface area contributed by atoms with E-state index < -0.39 is 18.2 Å². The number of rotatable bonds is 3. The molecule has 1 aliphatic heterocycles. The number of carboxylic acids is 1. The van der Waals surface area contributed by atoms with E-state index in [0.717, 1.165) is 6.42 Å². The van der Waals surface area contributed by atoms with Gasteiger partial charge in [0, 0.05) is 6.54 Å². The highest BCUT2D eigenvalue weighted by molar-refractivity contribution is 5.78. The molecule has 1 rings (SSSR count). The lowest BCUT2D eigenvalue weighted by Crippen LogP contribution is -2.48. The van der Waals surface area contributed by atoms with Gasteiger partial charge in [-0.3, -0.25) is 9.69 Å². The molecule has 0 amide bonds. The number of likely N-dealkylation sites (tertiary alicyclic amines) is 1. The molecule has 3 nitrogen and oxygen atoms in total. The highest BCUT2D eigenvalue weighted by Gasteiger charge is 2.42. The Bertz CT molecular complexity index is 186. The van der Waals surface area contributed by atoms with Gasteiger partial charge in [0.25, 0.3) is 0 Å². The first-order valence-electron chi connectivity index (χ1n) is 4.15. The van der Waals surface area contributed by atoms with Gasteiger partial charge in [-0.1, -0.05) is 0 Å². The molecule has 1 unspecified atom stereocenters. The second-order valence-corrected chi connectivity index (χ2v) is 3.36. The Hall–Kier alpha value is -0.640. The first-order valence-corrected chi connectivity index (χ1v) is 4.15. The van der Waals surface area contributed by atoms with E-state index in [2.05, 4.69) is 0 Å². The monoisotopic (exact) mass is 175 g/mol. The Kier molecular flexibility index (Phi) is 2.67. The van der Waals surface area contributed by atoms with E-state index in [9.17, 15) is 9.18 Å². The lowest BCUT2D eigenvalue weighted by atomic mass is 9.99. The summed E-state index contributed by atoms with van der Waals surface area (Å²) in [7, 11) is 0. The molecule has 1 heterocycles. The summed E-state index contributed by atoms with van der Waals surface area (Å²) in [5, 5.41) is 8.91. The second-order valence-electron chi connectivity index (χ2n) is 3.36. The lowest BCUT2D eigenvalue weighted by Gasteiger charge is -2.29. The van der Waals surface area contributed by atoms with Crippen molar-refractivity contribution in [2.75, 3.05) is 19.8 Å². The number of halogens is 1. The largest absolute Gasteiger partial charge is 0.480 e. The van der Waals surface area contributed by atoms with E-state index in [1.54, 1.807) is 11.8 Å². The molecule has 1 fully saturated rings. The van der Waals surface area contributed by atoms with Crippen molar-refractivity contribution in [3.05, 3.63) is 0 Å². The zero-order chi connectivity index (χ0) is 9.19. The molecule has 0 aliphatic carbocycles. The van der Waals surface area contributed by atoms with Crippen LogP contribution in [0.2, 0.25) is 0 Å².